The Balaban J connectivity index is 1.82. The molecule has 0 radical (unpaired) electrons. The molecule has 4 heteroatoms. The van der Waals surface area contributed by atoms with Crippen molar-refractivity contribution in [3.63, 3.8) is 0 Å². The Bertz CT molecular complexity index is 154. The molecule has 0 spiro atoms. The van der Waals surface area contributed by atoms with Gasteiger partial charge in [0.25, 0.3) is 0 Å². The SMILES string of the molecule is COCCOCCCN1CC(C)(N)C1. The Morgan fingerprint density at radius 2 is 2.00 bits per heavy atom. The minimum Gasteiger partial charge on any atom is -0.382 e. The molecule has 1 rings (SSSR count). The number of hydrogen-bond acceptors (Lipinski definition) is 4. The summed E-state index contributed by atoms with van der Waals surface area (Å²) in [6, 6.07) is 0. The van der Waals surface area contributed by atoms with Crippen molar-refractivity contribution in [1.82, 2.24) is 4.90 Å². The maximum atomic E-state index is 5.89. The molecule has 1 fully saturated rings. The number of nitrogens with two attached hydrogens (primary N) is 1. The summed E-state index contributed by atoms with van der Waals surface area (Å²) in [6.07, 6.45) is 1.08. The van der Waals surface area contributed by atoms with E-state index in [2.05, 4.69) is 11.8 Å². The van der Waals surface area contributed by atoms with Crippen LogP contribution in [-0.2, 0) is 9.47 Å². The average Bonchev–Trinajstić information content (AvgIpc) is 2.07. The number of hydrogen-bond donors (Lipinski definition) is 1. The molecule has 14 heavy (non-hydrogen) atoms. The van der Waals surface area contributed by atoms with Gasteiger partial charge in [-0.15, -0.1) is 0 Å². The second kappa shape index (κ2) is 5.66. The van der Waals surface area contributed by atoms with Crippen molar-refractivity contribution in [3.05, 3.63) is 0 Å². The summed E-state index contributed by atoms with van der Waals surface area (Å²) >= 11 is 0. The Labute approximate surface area is 86.3 Å². The molecule has 0 atom stereocenters. The fourth-order valence-corrected chi connectivity index (χ4v) is 1.77. The van der Waals surface area contributed by atoms with E-state index in [0.717, 1.165) is 32.7 Å². The van der Waals surface area contributed by atoms with Gasteiger partial charge in [-0.2, -0.15) is 0 Å². The van der Waals surface area contributed by atoms with Crippen LogP contribution in [0.5, 0.6) is 0 Å². The van der Waals surface area contributed by atoms with E-state index in [1.807, 2.05) is 0 Å². The van der Waals surface area contributed by atoms with Gasteiger partial charge < -0.3 is 15.2 Å². The molecule has 0 aromatic heterocycles. The molecule has 4 nitrogen and oxygen atoms in total. The topological polar surface area (TPSA) is 47.7 Å². The highest BCUT2D eigenvalue weighted by atomic mass is 16.5. The highest BCUT2D eigenvalue weighted by molar-refractivity contribution is 4.95. The Morgan fingerprint density at radius 1 is 1.29 bits per heavy atom. The third kappa shape index (κ3) is 4.37. The molecule has 1 heterocycles. The van der Waals surface area contributed by atoms with Crippen molar-refractivity contribution >= 4 is 0 Å². The lowest BCUT2D eigenvalue weighted by molar-refractivity contribution is 0.0465. The quantitative estimate of drug-likeness (QED) is 0.594. The third-order valence-corrected chi connectivity index (χ3v) is 2.36. The highest BCUT2D eigenvalue weighted by Gasteiger charge is 2.33. The van der Waals surface area contributed by atoms with Crippen LogP contribution in [0.3, 0.4) is 0 Å². The van der Waals surface area contributed by atoms with E-state index in [9.17, 15) is 0 Å². The lowest BCUT2D eigenvalue weighted by Gasteiger charge is -2.45. The Kier molecular flexibility index (Phi) is 4.81. The van der Waals surface area contributed by atoms with Gasteiger partial charge in [0.1, 0.15) is 0 Å². The van der Waals surface area contributed by atoms with E-state index in [1.165, 1.54) is 0 Å². The molecule has 0 aromatic carbocycles. The van der Waals surface area contributed by atoms with Crippen molar-refractivity contribution in [1.29, 1.82) is 0 Å². The standard InChI is InChI=1S/C10H22N2O2/c1-10(11)8-12(9-10)4-3-5-14-7-6-13-2/h3-9,11H2,1-2H3. The number of methoxy groups -OCH3 is 1. The summed E-state index contributed by atoms with van der Waals surface area (Å²) in [7, 11) is 1.69. The van der Waals surface area contributed by atoms with Gasteiger partial charge in [0.2, 0.25) is 0 Å². The minimum atomic E-state index is 0.0525. The molecular formula is C10H22N2O2. The lowest BCUT2D eigenvalue weighted by atomic mass is 9.94. The monoisotopic (exact) mass is 202 g/mol. The maximum absolute atomic E-state index is 5.89. The predicted molar refractivity (Wildman–Crippen MR) is 56.3 cm³/mol. The van der Waals surface area contributed by atoms with Crippen molar-refractivity contribution in [2.75, 3.05) is 46.6 Å². The second-order valence-electron chi connectivity index (χ2n) is 4.32. The largest absolute Gasteiger partial charge is 0.382 e. The molecule has 0 aromatic rings. The number of likely N-dealkylation sites (tertiary alicyclic amines) is 1. The van der Waals surface area contributed by atoms with E-state index < -0.39 is 0 Å². The van der Waals surface area contributed by atoms with Gasteiger partial charge in [-0.3, -0.25) is 4.90 Å². The summed E-state index contributed by atoms with van der Waals surface area (Å²) in [4.78, 5) is 2.36. The normalized spacial score (nSPS) is 20.8. The van der Waals surface area contributed by atoms with Crippen LogP contribution in [0.2, 0.25) is 0 Å². The number of nitrogens with zero attached hydrogens (tertiary/aromatic N) is 1. The molecule has 2 N–H and O–H groups in total. The fraction of sp³-hybridized carbons (Fsp3) is 1.00. The third-order valence-electron chi connectivity index (χ3n) is 2.36. The summed E-state index contributed by atoms with van der Waals surface area (Å²) in [6.45, 7) is 7.44. The van der Waals surface area contributed by atoms with E-state index in [4.69, 9.17) is 15.2 Å². The average molecular weight is 202 g/mol. The zero-order valence-electron chi connectivity index (χ0n) is 9.29. The van der Waals surface area contributed by atoms with E-state index in [0.29, 0.717) is 13.2 Å². The van der Waals surface area contributed by atoms with Crippen molar-refractivity contribution in [2.24, 2.45) is 5.73 Å². The van der Waals surface area contributed by atoms with E-state index in [1.54, 1.807) is 7.11 Å². The molecule has 84 valence electrons. The lowest BCUT2D eigenvalue weighted by Crippen LogP contribution is -2.65. The van der Waals surface area contributed by atoms with Crippen LogP contribution in [-0.4, -0.2) is 57.0 Å². The highest BCUT2D eigenvalue weighted by Crippen LogP contribution is 2.16. The van der Waals surface area contributed by atoms with Gasteiger partial charge in [0.15, 0.2) is 0 Å². The fourth-order valence-electron chi connectivity index (χ4n) is 1.77. The first-order chi connectivity index (χ1) is 6.64. The smallest absolute Gasteiger partial charge is 0.0700 e. The van der Waals surface area contributed by atoms with E-state index >= 15 is 0 Å². The number of rotatable bonds is 7. The summed E-state index contributed by atoms with van der Waals surface area (Å²) in [5.74, 6) is 0. The van der Waals surface area contributed by atoms with Crippen LogP contribution in [0.1, 0.15) is 13.3 Å². The van der Waals surface area contributed by atoms with Crippen LogP contribution in [0.25, 0.3) is 0 Å². The van der Waals surface area contributed by atoms with Crippen molar-refractivity contribution < 1.29 is 9.47 Å². The zero-order valence-corrected chi connectivity index (χ0v) is 9.29. The Morgan fingerprint density at radius 3 is 2.57 bits per heavy atom. The summed E-state index contributed by atoms with van der Waals surface area (Å²) < 4.78 is 10.2. The van der Waals surface area contributed by atoms with Gasteiger partial charge in [-0.25, -0.2) is 0 Å². The molecule has 0 bridgehead atoms. The van der Waals surface area contributed by atoms with Gasteiger partial charge in [0, 0.05) is 38.9 Å². The van der Waals surface area contributed by atoms with Crippen molar-refractivity contribution in [2.45, 2.75) is 18.9 Å². The van der Waals surface area contributed by atoms with Crippen molar-refractivity contribution in [3.8, 4) is 0 Å². The first-order valence-corrected chi connectivity index (χ1v) is 5.22. The summed E-state index contributed by atoms with van der Waals surface area (Å²) in [5.41, 5.74) is 5.94. The van der Waals surface area contributed by atoms with Crippen LogP contribution in [0.15, 0.2) is 0 Å². The first kappa shape index (κ1) is 11.9. The minimum absolute atomic E-state index is 0.0525. The van der Waals surface area contributed by atoms with Crippen LogP contribution in [0, 0.1) is 0 Å². The van der Waals surface area contributed by atoms with Crippen LogP contribution < -0.4 is 5.73 Å². The van der Waals surface area contributed by atoms with Gasteiger partial charge in [-0.05, 0) is 13.3 Å². The molecule has 1 saturated heterocycles. The number of ether oxygens (including phenoxy) is 2. The molecule has 0 aliphatic carbocycles. The first-order valence-electron chi connectivity index (χ1n) is 5.22. The zero-order chi connectivity index (χ0) is 10.4. The van der Waals surface area contributed by atoms with Crippen LogP contribution >= 0.6 is 0 Å². The molecule has 0 amide bonds. The molecule has 0 saturated carbocycles. The van der Waals surface area contributed by atoms with Gasteiger partial charge in [-0.1, -0.05) is 0 Å². The van der Waals surface area contributed by atoms with Gasteiger partial charge >= 0.3 is 0 Å². The summed E-state index contributed by atoms with van der Waals surface area (Å²) in [5, 5.41) is 0. The second-order valence-corrected chi connectivity index (χ2v) is 4.32. The maximum Gasteiger partial charge on any atom is 0.0700 e. The van der Waals surface area contributed by atoms with E-state index in [-0.39, 0.29) is 5.54 Å². The van der Waals surface area contributed by atoms with Gasteiger partial charge in [0.05, 0.1) is 13.2 Å². The molecule has 1 aliphatic rings. The molecular weight excluding hydrogens is 180 g/mol. The predicted octanol–water partition coefficient (Wildman–Crippen LogP) is 0.0725. The van der Waals surface area contributed by atoms with Crippen LogP contribution in [0.4, 0.5) is 0 Å². The molecule has 0 unspecified atom stereocenters. The Hall–Kier alpha value is -0.160. The molecule has 1 aliphatic heterocycles.